The van der Waals surface area contributed by atoms with Gasteiger partial charge in [0.2, 0.25) is 12.7 Å². The predicted molar refractivity (Wildman–Crippen MR) is 117 cm³/mol. The lowest BCUT2D eigenvalue weighted by atomic mass is 10.1. The van der Waals surface area contributed by atoms with E-state index >= 15 is 0 Å². The summed E-state index contributed by atoms with van der Waals surface area (Å²) in [6.45, 7) is 2.16. The summed E-state index contributed by atoms with van der Waals surface area (Å²) in [5.74, 6) is 1.42. The van der Waals surface area contributed by atoms with Crippen LogP contribution in [0.25, 0.3) is 6.08 Å². The van der Waals surface area contributed by atoms with Crippen molar-refractivity contribution in [1.82, 2.24) is 4.90 Å². The molecule has 0 aliphatic carbocycles. The van der Waals surface area contributed by atoms with E-state index in [9.17, 15) is 4.79 Å². The zero-order chi connectivity index (χ0) is 20.9. The van der Waals surface area contributed by atoms with Gasteiger partial charge in [-0.1, -0.05) is 18.2 Å². The molecule has 0 N–H and O–H groups in total. The Morgan fingerprint density at radius 2 is 1.90 bits per heavy atom. The molecule has 6 nitrogen and oxygen atoms in total. The quantitative estimate of drug-likeness (QED) is 0.654. The van der Waals surface area contributed by atoms with Crippen molar-refractivity contribution >= 4 is 17.7 Å². The van der Waals surface area contributed by atoms with Crippen molar-refractivity contribution in [1.29, 1.82) is 0 Å². The molecule has 1 fully saturated rings. The predicted octanol–water partition coefficient (Wildman–Crippen LogP) is 3.70. The maximum absolute atomic E-state index is 13.0. The van der Waals surface area contributed by atoms with Gasteiger partial charge in [-0.05, 0) is 54.3 Å². The molecule has 30 heavy (non-hydrogen) atoms. The van der Waals surface area contributed by atoms with Crippen molar-refractivity contribution in [3.63, 3.8) is 0 Å². The summed E-state index contributed by atoms with van der Waals surface area (Å²) >= 11 is 0. The molecule has 1 saturated heterocycles. The van der Waals surface area contributed by atoms with Crippen molar-refractivity contribution in [3.05, 3.63) is 59.7 Å². The minimum Gasteiger partial charge on any atom is -0.454 e. The van der Waals surface area contributed by atoms with Crippen LogP contribution in [0, 0.1) is 0 Å². The SMILES string of the molecule is CN(C)c1ccc(CN(CC2CCCO2)C(=O)C=Cc2ccc3c(c2)OCO3)cc1. The number of carbonyl (C=O) groups is 1. The van der Waals surface area contributed by atoms with Crippen LogP contribution in [0.5, 0.6) is 11.5 Å². The standard InChI is InChI=1S/C24H28N2O4/c1-25(2)20-9-5-19(6-10-20)15-26(16-21-4-3-13-28-21)24(27)12-8-18-7-11-22-23(14-18)30-17-29-22/h5-12,14,21H,3-4,13,15-17H2,1-2H3. The first-order valence-electron chi connectivity index (χ1n) is 10.3. The molecule has 2 heterocycles. The molecule has 4 rings (SSSR count). The minimum absolute atomic E-state index is 0.0279. The Hall–Kier alpha value is -2.99. The van der Waals surface area contributed by atoms with Crippen molar-refractivity contribution in [2.75, 3.05) is 38.9 Å². The first kappa shape index (κ1) is 20.3. The molecule has 0 saturated carbocycles. The molecule has 0 aromatic heterocycles. The van der Waals surface area contributed by atoms with E-state index in [0.717, 1.165) is 42.0 Å². The van der Waals surface area contributed by atoms with E-state index in [1.807, 2.05) is 43.3 Å². The fourth-order valence-corrected chi connectivity index (χ4v) is 3.68. The van der Waals surface area contributed by atoms with Gasteiger partial charge in [0.15, 0.2) is 11.5 Å². The van der Waals surface area contributed by atoms with E-state index in [0.29, 0.717) is 18.8 Å². The topological polar surface area (TPSA) is 51.2 Å². The average Bonchev–Trinajstić information content (AvgIpc) is 3.43. The summed E-state index contributed by atoms with van der Waals surface area (Å²) in [7, 11) is 4.03. The summed E-state index contributed by atoms with van der Waals surface area (Å²) in [5, 5.41) is 0. The van der Waals surface area contributed by atoms with E-state index in [2.05, 4.69) is 29.2 Å². The zero-order valence-corrected chi connectivity index (χ0v) is 17.5. The highest BCUT2D eigenvalue weighted by atomic mass is 16.7. The third-order valence-corrected chi connectivity index (χ3v) is 5.40. The molecule has 1 amide bonds. The highest BCUT2D eigenvalue weighted by Crippen LogP contribution is 2.32. The molecule has 0 spiro atoms. The van der Waals surface area contributed by atoms with E-state index in [4.69, 9.17) is 14.2 Å². The Kier molecular flexibility index (Phi) is 6.23. The number of ether oxygens (including phenoxy) is 3. The summed E-state index contributed by atoms with van der Waals surface area (Å²) in [4.78, 5) is 17.0. The Bertz CT molecular complexity index is 902. The second-order valence-corrected chi connectivity index (χ2v) is 7.86. The van der Waals surface area contributed by atoms with Gasteiger partial charge in [-0.15, -0.1) is 0 Å². The lowest BCUT2D eigenvalue weighted by Gasteiger charge is -2.25. The van der Waals surface area contributed by atoms with Crippen LogP contribution < -0.4 is 14.4 Å². The molecule has 1 unspecified atom stereocenters. The molecular formula is C24H28N2O4. The molecule has 2 aliphatic rings. The number of hydrogen-bond acceptors (Lipinski definition) is 5. The normalized spacial score (nSPS) is 17.5. The number of benzene rings is 2. The second kappa shape index (κ2) is 9.22. The van der Waals surface area contributed by atoms with Crippen molar-refractivity contribution in [3.8, 4) is 11.5 Å². The smallest absolute Gasteiger partial charge is 0.246 e. The van der Waals surface area contributed by atoms with E-state index in [1.54, 1.807) is 6.08 Å². The molecule has 0 bridgehead atoms. The van der Waals surface area contributed by atoms with Gasteiger partial charge in [0, 0.05) is 45.6 Å². The fourth-order valence-electron chi connectivity index (χ4n) is 3.68. The number of rotatable bonds is 7. The van der Waals surface area contributed by atoms with Gasteiger partial charge in [0.05, 0.1) is 6.10 Å². The van der Waals surface area contributed by atoms with Gasteiger partial charge in [0.1, 0.15) is 0 Å². The zero-order valence-electron chi connectivity index (χ0n) is 17.5. The number of anilines is 1. The fraction of sp³-hybridized carbons (Fsp3) is 0.375. The van der Waals surface area contributed by atoms with Crippen LogP contribution in [-0.2, 0) is 16.1 Å². The number of amides is 1. The van der Waals surface area contributed by atoms with E-state index in [1.165, 1.54) is 0 Å². The van der Waals surface area contributed by atoms with Crippen LogP contribution in [0.2, 0.25) is 0 Å². The minimum atomic E-state index is -0.0279. The van der Waals surface area contributed by atoms with Crippen LogP contribution >= 0.6 is 0 Å². The number of hydrogen-bond donors (Lipinski definition) is 0. The molecular weight excluding hydrogens is 380 g/mol. The molecule has 0 radical (unpaired) electrons. The molecule has 2 aliphatic heterocycles. The lowest BCUT2D eigenvalue weighted by molar-refractivity contribution is -0.128. The maximum Gasteiger partial charge on any atom is 0.246 e. The van der Waals surface area contributed by atoms with Crippen molar-refractivity contribution in [2.45, 2.75) is 25.5 Å². The summed E-state index contributed by atoms with van der Waals surface area (Å²) in [6, 6.07) is 14.0. The van der Waals surface area contributed by atoms with Gasteiger partial charge in [-0.2, -0.15) is 0 Å². The number of fused-ring (bicyclic) bond motifs is 1. The summed E-state index contributed by atoms with van der Waals surface area (Å²) in [6.07, 6.45) is 5.60. The third-order valence-electron chi connectivity index (χ3n) is 5.40. The van der Waals surface area contributed by atoms with Crippen LogP contribution in [0.1, 0.15) is 24.0 Å². The van der Waals surface area contributed by atoms with Crippen LogP contribution in [0.3, 0.4) is 0 Å². The Labute approximate surface area is 177 Å². The van der Waals surface area contributed by atoms with Gasteiger partial charge >= 0.3 is 0 Å². The molecule has 2 aromatic carbocycles. The second-order valence-electron chi connectivity index (χ2n) is 7.86. The van der Waals surface area contributed by atoms with Crippen LogP contribution in [-0.4, -0.2) is 51.0 Å². The van der Waals surface area contributed by atoms with E-state index in [-0.39, 0.29) is 18.8 Å². The van der Waals surface area contributed by atoms with Crippen LogP contribution in [0.15, 0.2) is 48.5 Å². The van der Waals surface area contributed by atoms with Gasteiger partial charge in [-0.25, -0.2) is 0 Å². The largest absolute Gasteiger partial charge is 0.454 e. The maximum atomic E-state index is 13.0. The highest BCUT2D eigenvalue weighted by molar-refractivity contribution is 5.92. The van der Waals surface area contributed by atoms with Gasteiger partial charge in [0.25, 0.3) is 0 Å². The lowest BCUT2D eigenvalue weighted by Crippen LogP contribution is -2.35. The van der Waals surface area contributed by atoms with Crippen molar-refractivity contribution < 1.29 is 19.0 Å². The number of carbonyl (C=O) groups excluding carboxylic acids is 1. The first-order valence-corrected chi connectivity index (χ1v) is 10.3. The number of nitrogens with zero attached hydrogens (tertiary/aromatic N) is 2. The summed E-state index contributed by atoms with van der Waals surface area (Å²) < 4.78 is 16.5. The Morgan fingerprint density at radius 1 is 1.10 bits per heavy atom. The average molecular weight is 408 g/mol. The van der Waals surface area contributed by atoms with E-state index < -0.39 is 0 Å². The molecule has 6 heteroatoms. The Morgan fingerprint density at radius 3 is 2.63 bits per heavy atom. The third kappa shape index (κ3) is 4.94. The first-order chi connectivity index (χ1) is 14.6. The monoisotopic (exact) mass is 408 g/mol. The molecule has 2 aromatic rings. The highest BCUT2D eigenvalue weighted by Gasteiger charge is 2.22. The molecule has 1 atom stereocenters. The van der Waals surface area contributed by atoms with Crippen LogP contribution in [0.4, 0.5) is 5.69 Å². The Balaban J connectivity index is 1.47. The van der Waals surface area contributed by atoms with Gasteiger partial charge < -0.3 is 24.0 Å². The van der Waals surface area contributed by atoms with Gasteiger partial charge in [-0.3, -0.25) is 4.79 Å². The van der Waals surface area contributed by atoms with Crippen molar-refractivity contribution in [2.24, 2.45) is 0 Å². The molecule has 158 valence electrons. The summed E-state index contributed by atoms with van der Waals surface area (Å²) in [5.41, 5.74) is 3.14.